The van der Waals surface area contributed by atoms with Crippen LogP contribution in [0.15, 0.2) is 40.9 Å². The lowest BCUT2D eigenvalue weighted by Gasteiger charge is -2.31. The summed E-state index contributed by atoms with van der Waals surface area (Å²) >= 11 is 6.03. The fraction of sp³-hybridized carbons (Fsp3) is 0.381. The number of rotatable bonds is 5. The number of nitrogens with zero attached hydrogens (tertiary/aromatic N) is 3. The second-order valence-electron chi connectivity index (χ2n) is 7.31. The molecule has 1 amide bonds. The maximum absolute atomic E-state index is 12.4. The van der Waals surface area contributed by atoms with Gasteiger partial charge in [-0.25, -0.2) is 0 Å². The highest BCUT2D eigenvalue weighted by molar-refractivity contribution is 6.31. The smallest absolute Gasteiger partial charge is 0.298 e. The van der Waals surface area contributed by atoms with Gasteiger partial charge in [-0.2, -0.15) is 4.98 Å². The van der Waals surface area contributed by atoms with Crippen LogP contribution in [0.4, 0.5) is 6.01 Å². The predicted octanol–water partition coefficient (Wildman–Crippen LogP) is 4.11. The molecule has 28 heavy (non-hydrogen) atoms. The highest BCUT2D eigenvalue weighted by Crippen LogP contribution is 2.28. The third-order valence-corrected chi connectivity index (χ3v) is 5.41. The zero-order valence-corrected chi connectivity index (χ0v) is 16.6. The lowest BCUT2D eigenvalue weighted by atomic mass is 9.94. The van der Waals surface area contributed by atoms with E-state index in [4.69, 9.17) is 16.0 Å². The van der Waals surface area contributed by atoms with E-state index in [9.17, 15) is 4.79 Å². The van der Waals surface area contributed by atoms with Crippen molar-refractivity contribution in [3.63, 3.8) is 0 Å². The van der Waals surface area contributed by atoms with Crippen LogP contribution in [0, 0.1) is 12.8 Å². The van der Waals surface area contributed by atoms with Crippen molar-refractivity contribution in [3.05, 3.63) is 52.8 Å². The molecule has 4 rings (SSSR count). The third kappa shape index (κ3) is 4.28. The Kier molecular flexibility index (Phi) is 5.48. The van der Waals surface area contributed by atoms with Crippen molar-refractivity contribution >= 4 is 34.6 Å². The number of oxazole rings is 1. The zero-order chi connectivity index (χ0) is 19.5. The number of nitrogens with one attached hydrogen (secondary N) is 1. The van der Waals surface area contributed by atoms with Gasteiger partial charge in [0.25, 0.3) is 6.01 Å². The number of carbonyl (C=O) groups excluding carboxylic acids is 1. The molecule has 6 nitrogen and oxygen atoms in total. The van der Waals surface area contributed by atoms with E-state index in [0.717, 1.165) is 42.7 Å². The molecule has 0 bridgehead atoms. The van der Waals surface area contributed by atoms with E-state index < -0.39 is 0 Å². The number of halogens is 1. The number of benzene rings is 1. The monoisotopic (exact) mass is 398 g/mol. The SMILES string of the molecule is Cc1cccnc1CNC(=O)CC1CCCN(c2nc3ccc(Cl)cc3o2)C1. The lowest BCUT2D eigenvalue weighted by Crippen LogP contribution is -2.38. The molecule has 1 aliphatic rings. The van der Waals surface area contributed by atoms with Gasteiger partial charge in [-0.3, -0.25) is 9.78 Å². The summed E-state index contributed by atoms with van der Waals surface area (Å²) in [6, 6.07) is 9.95. The number of piperidine rings is 1. The zero-order valence-electron chi connectivity index (χ0n) is 15.8. The summed E-state index contributed by atoms with van der Waals surface area (Å²) in [4.78, 5) is 23.4. The van der Waals surface area contributed by atoms with Crippen molar-refractivity contribution in [1.82, 2.24) is 15.3 Å². The van der Waals surface area contributed by atoms with Gasteiger partial charge in [0.05, 0.1) is 12.2 Å². The Morgan fingerprint density at radius 2 is 2.29 bits per heavy atom. The number of pyridine rings is 1. The van der Waals surface area contributed by atoms with Crippen LogP contribution in [0.25, 0.3) is 11.1 Å². The second-order valence-corrected chi connectivity index (χ2v) is 7.75. The van der Waals surface area contributed by atoms with Crippen LogP contribution in [0.2, 0.25) is 5.02 Å². The molecular weight excluding hydrogens is 376 g/mol. The summed E-state index contributed by atoms with van der Waals surface area (Å²) < 4.78 is 5.88. The summed E-state index contributed by atoms with van der Waals surface area (Å²) in [5.74, 6) is 0.332. The van der Waals surface area contributed by atoms with Crippen LogP contribution in [-0.2, 0) is 11.3 Å². The largest absolute Gasteiger partial charge is 0.423 e. The number of fused-ring (bicyclic) bond motifs is 1. The summed E-state index contributed by atoms with van der Waals surface area (Å²) in [6.45, 7) is 4.11. The quantitative estimate of drug-likeness (QED) is 0.700. The predicted molar refractivity (Wildman–Crippen MR) is 109 cm³/mol. The number of aryl methyl sites for hydroxylation is 1. The molecule has 0 saturated carbocycles. The topological polar surface area (TPSA) is 71.3 Å². The molecule has 1 aromatic carbocycles. The van der Waals surface area contributed by atoms with Crippen LogP contribution in [0.5, 0.6) is 0 Å². The third-order valence-electron chi connectivity index (χ3n) is 5.17. The van der Waals surface area contributed by atoms with Gasteiger partial charge in [-0.05, 0) is 49.4 Å². The Bertz CT molecular complexity index is 987. The molecule has 0 aliphatic carbocycles. The molecule has 1 fully saturated rings. The van der Waals surface area contributed by atoms with Gasteiger partial charge in [-0.15, -0.1) is 0 Å². The minimum absolute atomic E-state index is 0.0567. The van der Waals surface area contributed by atoms with Crippen molar-refractivity contribution < 1.29 is 9.21 Å². The molecule has 0 radical (unpaired) electrons. The minimum atomic E-state index is 0.0567. The first-order valence-electron chi connectivity index (χ1n) is 9.57. The van der Waals surface area contributed by atoms with Gasteiger partial charge in [0.1, 0.15) is 5.52 Å². The Labute approximate surface area is 168 Å². The highest BCUT2D eigenvalue weighted by atomic mass is 35.5. The summed E-state index contributed by atoms with van der Waals surface area (Å²) in [7, 11) is 0. The number of hydrogen-bond donors (Lipinski definition) is 1. The van der Waals surface area contributed by atoms with E-state index in [-0.39, 0.29) is 11.8 Å². The first-order valence-corrected chi connectivity index (χ1v) is 9.94. The van der Waals surface area contributed by atoms with Gasteiger partial charge < -0.3 is 14.6 Å². The summed E-state index contributed by atoms with van der Waals surface area (Å²) in [6.07, 6.45) is 4.28. The summed E-state index contributed by atoms with van der Waals surface area (Å²) in [5.41, 5.74) is 3.48. The van der Waals surface area contributed by atoms with Crippen molar-refractivity contribution in [3.8, 4) is 0 Å². The Balaban J connectivity index is 1.35. The normalized spacial score (nSPS) is 17.1. The molecule has 3 aromatic rings. The average Bonchev–Trinajstić information content (AvgIpc) is 3.11. The number of hydrogen-bond acceptors (Lipinski definition) is 5. The maximum atomic E-state index is 12.4. The molecule has 1 unspecified atom stereocenters. The standard InChI is InChI=1S/C21H23ClN4O2/c1-14-4-2-8-23-18(14)12-24-20(27)10-15-5-3-9-26(13-15)21-25-17-7-6-16(22)11-19(17)28-21/h2,4,6-8,11,15H,3,5,9-10,12-13H2,1H3,(H,24,27). The van der Waals surface area contributed by atoms with E-state index >= 15 is 0 Å². The molecule has 3 heterocycles. The van der Waals surface area contributed by atoms with Crippen LogP contribution in [0.3, 0.4) is 0 Å². The molecule has 2 aromatic heterocycles. The van der Waals surface area contributed by atoms with Gasteiger partial charge >= 0.3 is 0 Å². The molecule has 1 atom stereocenters. The van der Waals surface area contributed by atoms with Crippen molar-refractivity contribution in [2.45, 2.75) is 32.7 Å². The highest BCUT2D eigenvalue weighted by Gasteiger charge is 2.25. The van der Waals surface area contributed by atoms with Gasteiger partial charge in [0, 0.05) is 36.8 Å². The van der Waals surface area contributed by atoms with Crippen molar-refractivity contribution in [1.29, 1.82) is 0 Å². The Morgan fingerprint density at radius 1 is 1.39 bits per heavy atom. The molecule has 1 N–H and O–H groups in total. The van der Waals surface area contributed by atoms with E-state index in [1.165, 1.54) is 0 Å². The molecular formula is C21H23ClN4O2. The molecule has 1 saturated heterocycles. The number of aromatic nitrogens is 2. The Morgan fingerprint density at radius 3 is 3.14 bits per heavy atom. The van der Waals surface area contributed by atoms with Crippen LogP contribution >= 0.6 is 11.6 Å². The first-order chi connectivity index (χ1) is 13.6. The number of carbonyl (C=O) groups is 1. The second kappa shape index (κ2) is 8.19. The van der Waals surface area contributed by atoms with Crippen molar-refractivity contribution in [2.75, 3.05) is 18.0 Å². The van der Waals surface area contributed by atoms with E-state index in [1.54, 1.807) is 12.3 Å². The summed E-state index contributed by atoms with van der Waals surface area (Å²) in [5, 5.41) is 3.63. The number of amides is 1. The lowest BCUT2D eigenvalue weighted by molar-refractivity contribution is -0.122. The van der Waals surface area contributed by atoms with Gasteiger partial charge in [-0.1, -0.05) is 17.7 Å². The average molecular weight is 399 g/mol. The molecule has 0 spiro atoms. The molecule has 7 heteroatoms. The fourth-order valence-electron chi connectivity index (χ4n) is 3.65. The Hall–Kier alpha value is -2.60. The van der Waals surface area contributed by atoms with Gasteiger partial charge in [0.2, 0.25) is 5.91 Å². The molecule has 1 aliphatic heterocycles. The first kappa shape index (κ1) is 18.7. The van der Waals surface area contributed by atoms with Crippen molar-refractivity contribution in [2.24, 2.45) is 5.92 Å². The van der Waals surface area contributed by atoms with E-state index in [1.807, 2.05) is 31.2 Å². The van der Waals surface area contributed by atoms with Gasteiger partial charge in [0.15, 0.2) is 5.58 Å². The fourth-order valence-corrected chi connectivity index (χ4v) is 3.81. The van der Waals surface area contributed by atoms with Crippen LogP contribution in [0.1, 0.15) is 30.5 Å². The van der Waals surface area contributed by atoms with E-state index in [2.05, 4.69) is 20.2 Å². The van der Waals surface area contributed by atoms with E-state index in [0.29, 0.717) is 29.6 Å². The van der Waals surface area contributed by atoms with Crippen LogP contribution in [-0.4, -0.2) is 29.0 Å². The number of anilines is 1. The maximum Gasteiger partial charge on any atom is 0.298 e. The van der Waals surface area contributed by atoms with Crippen LogP contribution < -0.4 is 10.2 Å². The minimum Gasteiger partial charge on any atom is -0.423 e. The molecule has 146 valence electrons.